The molecule has 6 heteroatoms. The summed E-state index contributed by atoms with van der Waals surface area (Å²) in [6, 6.07) is 16.0. The lowest BCUT2D eigenvalue weighted by molar-refractivity contribution is -0.121. The maximum Gasteiger partial charge on any atom is 0.266 e. The Labute approximate surface area is 176 Å². The van der Waals surface area contributed by atoms with E-state index in [0.717, 1.165) is 30.1 Å². The summed E-state index contributed by atoms with van der Waals surface area (Å²) in [5, 5.41) is 0.677. The Balaban J connectivity index is 1.50. The third-order valence-corrected chi connectivity index (χ3v) is 6.27. The van der Waals surface area contributed by atoms with Crippen molar-refractivity contribution in [1.82, 2.24) is 4.90 Å². The number of amides is 1. The van der Waals surface area contributed by atoms with Gasteiger partial charge in [-0.1, -0.05) is 12.1 Å². The van der Waals surface area contributed by atoms with Gasteiger partial charge in [-0.2, -0.15) is 0 Å². The number of anilines is 1. The fourth-order valence-electron chi connectivity index (χ4n) is 3.50. The van der Waals surface area contributed by atoms with Gasteiger partial charge in [0.2, 0.25) is 0 Å². The van der Waals surface area contributed by atoms with Gasteiger partial charge in [0.25, 0.3) is 5.91 Å². The molecule has 0 radical (unpaired) electrons. The number of nitrogens with zero attached hydrogens (tertiary/aromatic N) is 3. The lowest BCUT2D eigenvalue weighted by atomic mass is 10.1. The average Bonchev–Trinajstić information content (AvgIpc) is 3.03. The van der Waals surface area contributed by atoms with E-state index in [1.807, 2.05) is 30.3 Å². The second kappa shape index (κ2) is 8.74. The highest BCUT2D eigenvalue weighted by Gasteiger charge is 2.30. The molecule has 2 aromatic rings. The average molecular weight is 408 g/mol. The normalized spacial score (nSPS) is 20.0. The van der Waals surface area contributed by atoms with Gasteiger partial charge < -0.3 is 9.64 Å². The van der Waals surface area contributed by atoms with Gasteiger partial charge in [-0.05, 0) is 79.1 Å². The van der Waals surface area contributed by atoms with Crippen molar-refractivity contribution in [3.8, 4) is 5.75 Å². The highest BCUT2D eigenvalue weighted by atomic mass is 32.2. The van der Waals surface area contributed by atoms with Gasteiger partial charge in [0.15, 0.2) is 5.17 Å². The molecule has 1 amide bonds. The number of methoxy groups -OCH3 is 1. The molecule has 150 valence electrons. The van der Waals surface area contributed by atoms with Crippen LogP contribution < -0.4 is 9.64 Å². The second-order valence-electron chi connectivity index (χ2n) is 7.21. The smallest absolute Gasteiger partial charge is 0.266 e. The quantitative estimate of drug-likeness (QED) is 0.675. The van der Waals surface area contributed by atoms with E-state index in [9.17, 15) is 4.79 Å². The summed E-state index contributed by atoms with van der Waals surface area (Å²) in [7, 11) is 3.40. The molecule has 2 heterocycles. The lowest BCUT2D eigenvalue weighted by Crippen LogP contribution is -2.29. The van der Waals surface area contributed by atoms with Crippen LogP contribution in [0.2, 0.25) is 0 Å². The van der Waals surface area contributed by atoms with Crippen LogP contribution in [0.25, 0.3) is 6.08 Å². The van der Waals surface area contributed by atoms with Crippen molar-refractivity contribution in [2.24, 2.45) is 4.99 Å². The molecule has 2 aromatic carbocycles. The maximum absolute atomic E-state index is 12.7. The first-order valence-corrected chi connectivity index (χ1v) is 10.7. The fraction of sp³-hybridized carbons (Fsp3) is 0.304. The SMILES string of the molecule is COc1ccc(N=C2S/C(=C\c3ccc(N4CCCCC4)cc3)C(=O)N2C)cc1. The van der Waals surface area contributed by atoms with Crippen LogP contribution >= 0.6 is 11.8 Å². The zero-order valence-corrected chi connectivity index (χ0v) is 17.6. The lowest BCUT2D eigenvalue weighted by Gasteiger charge is -2.28. The number of piperidine rings is 1. The minimum absolute atomic E-state index is 0.0256. The Bertz CT molecular complexity index is 930. The van der Waals surface area contributed by atoms with E-state index in [1.54, 1.807) is 19.1 Å². The van der Waals surface area contributed by atoms with Gasteiger partial charge in [-0.15, -0.1) is 0 Å². The Morgan fingerprint density at radius 1 is 1.00 bits per heavy atom. The van der Waals surface area contributed by atoms with E-state index in [-0.39, 0.29) is 5.91 Å². The van der Waals surface area contributed by atoms with Crippen LogP contribution in [-0.4, -0.2) is 43.2 Å². The number of hydrogen-bond donors (Lipinski definition) is 0. The van der Waals surface area contributed by atoms with Crippen molar-refractivity contribution < 1.29 is 9.53 Å². The van der Waals surface area contributed by atoms with E-state index >= 15 is 0 Å². The number of carbonyl (C=O) groups is 1. The largest absolute Gasteiger partial charge is 0.497 e. The van der Waals surface area contributed by atoms with E-state index in [1.165, 1.54) is 36.7 Å². The molecule has 29 heavy (non-hydrogen) atoms. The van der Waals surface area contributed by atoms with Gasteiger partial charge in [0, 0.05) is 25.8 Å². The number of aliphatic imine (C=N–C) groups is 1. The number of amidine groups is 1. The molecular formula is C23H25N3O2S. The molecule has 4 rings (SSSR count). The molecule has 0 N–H and O–H groups in total. The first kappa shape index (κ1) is 19.6. The van der Waals surface area contributed by atoms with E-state index in [0.29, 0.717) is 10.1 Å². The number of carbonyl (C=O) groups excluding carboxylic acids is 1. The maximum atomic E-state index is 12.7. The highest BCUT2D eigenvalue weighted by Crippen LogP contribution is 2.33. The molecule has 2 aliphatic rings. The monoisotopic (exact) mass is 407 g/mol. The minimum Gasteiger partial charge on any atom is -0.497 e. The van der Waals surface area contributed by atoms with E-state index < -0.39 is 0 Å². The van der Waals surface area contributed by atoms with Gasteiger partial charge in [-0.3, -0.25) is 9.69 Å². The third kappa shape index (κ3) is 4.48. The number of thioether (sulfide) groups is 1. The third-order valence-electron chi connectivity index (χ3n) is 5.21. The zero-order valence-electron chi connectivity index (χ0n) is 16.8. The van der Waals surface area contributed by atoms with Gasteiger partial charge >= 0.3 is 0 Å². The van der Waals surface area contributed by atoms with Crippen molar-refractivity contribution in [1.29, 1.82) is 0 Å². The molecule has 0 spiro atoms. The summed E-state index contributed by atoms with van der Waals surface area (Å²) in [4.78, 5) is 22.0. The first-order chi connectivity index (χ1) is 14.1. The Morgan fingerprint density at radius 3 is 2.34 bits per heavy atom. The predicted octanol–water partition coefficient (Wildman–Crippen LogP) is 4.92. The molecule has 0 unspecified atom stereocenters. The fourth-order valence-corrected chi connectivity index (χ4v) is 4.49. The number of ether oxygens (including phenoxy) is 1. The van der Waals surface area contributed by atoms with Crippen LogP contribution in [0.1, 0.15) is 24.8 Å². The first-order valence-electron chi connectivity index (χ1n) is 9.89. The Morgan fingerprint density at radius 2 is 1.69 bits per heavy atom. The highest BCUT2D eigenvalue weighted by molar-refractivity contribution is 8.18. The van der Waals surface area contributed by atoms with Crippen LogP contribution in [0, 0.1) is 0 Å². The zero-order chi connectivity index (χ0) is 20.2. The van der Waals surface area contributed by atoms with Crippen molar-refractivity contribution in [3.63, 3.8) is 0 Å². The van der Waals surface area contributed by atoms with Crippen molar-refractivity contribution in [2.75, 3.05) is 32.1 Å². The minimum atomic E-state index is -0.0256. The molecule has 0 aromatic heterocycles. The summed E-state index contributed by atoms with van der Waals surface area (Å²) in [6.07, 6.45) is 5.80. The number of rotatable bonds is 4. The summed E-state index contributed by atoms with van der Waals surface area (Å²) in [5.74, 6) is 0.758. The van der Waals surface area contributed by atoms with Crippen LogP contribution in [0.15, 0.2) is 58.4 Å². The Kier molecular flexibility index (Phi) is 5.90. The molecule has 0 saturated carbocycles. The molecule has 0 bridgehead atoms. The van der Waals surface area contributed by atoms with Crippen LogP contribution in [-0.2, 0) is 4.79 Å². The number of benzene rings is 2. The van der Waals surface area contributed by atoms with Gasteiger partial charge in [0.05, 0.1) is 17.7 Å². The summed E-state index contributed by atoms with van der Waals surface area (Å²) in [6.45, 7) is 2.26. The topological polar surface area (TPSA) is 45.1 Å². The molecule has 5 nitrogen and oxygen atoms in total. The molecule has 2 fully saturated rings. The molecule has 2 aliphatic heterocycles. The molecule has 0 atom stereocenters. The van der Waals surface area contributed by atoms with Crippen LogP contribution in [0.3, 0.4) is 0 Å². The van der Waals surface area contributed by atoms with Crippen molar-refractivity contribution >= 4 is 40.3 Å². The molecule has 2 saturated heterocycles. The van der Waals surface area contributed by atoms with Gasteiger partial charge in [-0.25, -0.2) is 4.99 Å². The summed E-state index contributed by atoms with van der Waals surface area (Å²) >= 11 is 1.40. The summed E-state index contributed by atoms with van der Waals surface area (Å²) in [5.41, 5.74) is 3.08. The standard InChI is InChI=1S/C23H25N3O2S/c1-25-22(27)21(29-23(25)24-18-8-12-20(28-2)13-9-18)16-17-6-10-19(11-7-17)26-14-4-3-5-15-26/h6-13,16H,3-5,14-15H2,1-2H3/b21-16-,24-23?. The van der Waals surface area contributed by atoms with Crippen LogP contribution in [0.5, 0.6) is 5.75 Å². The van der Waals surface area contributed by atoms with Gasteiger partial charge in [0.1, 0.15) is 5.75 Å². The Hall–Kier alpha value is -2.73. The number of likely N-dealkylation sites (N-methyl/N-ethyl adjacent to an activating group) is 1. The number of hydrogen-bond acceptors (Lipinski definition) is 5. The van der Waals surface area contributed by atoms with Crippen molar-refractivity contribution in [3.05, 3.63) is 59.0 Å². The van der Waals surface area contributed by atoms with E-state index in [2.05, 4.69) is 34.2 Å². The second-order valence-corrected chi connectivity index (χ2v) is 8.22. The van der Waals surface area contributed by atoms with Crippen molar-refractivity contribution in [2.45, 2.75) is 19.3 Å². The van der Waals surface area contributed by atoms with E-state index in [4.69, 9.17) is 4.74 Å². The molecule has 0 aliphatic carbocycles. The molecular weight excluding hydrogens is 382 g/mol. The predicted molar refractivity (Wildman–Crippen MR) is 121 cm³/mol. The van der Waals surface area contributed by atoms with Crippen LogP contribution in [0.4, 0.5) is 11.4 Å². The summed E-state index contributed by atoms with van der Waals surface area (Å²) < 4.78 is 5.18.